The molecular formula is C11H13BrN2OS. The van der Waals surface area contributed by atoms with Crippen molar-refractivity contribution in [2.45, 2.75) is 18.1 Å². The van der Waals surface area contributed by atoms with Crippen LogP contribution in [0.25, 0.3) is 0 Å². The summed E-state index contributed by atoms with van der Waals surface area (Å²) in [5.74, 6) is 1.18. The summed E-state index contributed by atoms with van der Waals surface area (Å²) in [6, 6.07) is 5.39. The van der Waals surface area contributed by atoms with E-state index in [9.17, 15) is 4.79 Å². The zero-order valence-electron chi connectivity index (χ0n) is 8.70. The first kappa shape index (κ1) is 11.8. The maximum Gasteiger partial charge on any atom is 0.237 e. The molecule has 1 aliphatic rings. The van der Waals surface area contributed by atoms with Crippen molar-refractivity contribution in [1.82, 2.24) is 0 Å². The average molecular weight is 301 g/mol. The second-order valence-corrected chi connectivity index (χ2v) is 5.90. The van der Waals surface area contributed by atoms with Gasteiger partial charge in [0.2, 0.25) is 5.91 Å². The van der Waals surface area contributed by atoms with Gasteiger partial charge in [0.05, 0.1) is 10.9 Å². The summed E-state index contributed by atoms with van der Waals surface area (Å²) in [7, 11) is 0. The molecule has 5 heteroatoms. The predicted octanol–water partition coefficient (Wildman–Crippen LogP) is 2.87. The van der Waals surface area contributed by atoms with Crippen LogP contribution in [0.15, 0.2) is 22.7 Å². The van der Waals surface area contributed by atoms with Crippen molar-refractivity contribution in [2.75, 3.05) is 16.8 Å². The molecule has 0 bridgehead atoms. The molecule has 1 amide bonds. The van der Waals surface area contributed by atoms with E-state index >= 15 is 0 Å². The van der Waals surface area contributed by atoms with Crippen LogP contribution in [-0.4, -0.2) is 16.9 Å². The van der Waals surface area contributed by atoms with Crippen LogP contribution in [0, 0.1) is 0 Å². The number of anilines is 2. The van der Waals surface area contributed by atoms with Crippen LogP contribution in [0.5, 0.6) is 0 Å². The van der Waals surface area contributed by atoms with E-state index in [0.29, 0.717) is 5.69 Å². The topological polar surface area (TPSA) is 55.1 Å². The summed E-state index contributed by atoms with van der Waals surface area (Å²) >= 11 is 5.11. The third-order valence-corrected chi connectivity index (χ3v) is 4.51. The average Bonchev–Trinajstić information content (AvgIpc) is 2.75. The maximum atomic E-state index is 11.9. The van der Waals surface area contributed by atoms with E-state index in [4.69, 9.17) is 5.73 Å². The third kappa shape index (κ3) is 2.71. The fourth-order valence-electron chi connectivity index (χ4n) is 1.63. The normalized spacial score (nSPS) is 19.7. The van der Waals surface area contributed by atoms with Crippen molar-refractivity contribution < 1.29 is 4.79 Å². The highest BCUT2D eigenvalue weighted by molar-refractivity contribution is 9.10. The van der Waals surface area contributed by atoms with Gasteiger partial charge in [0, 0.05) is 10.2 Å². The second-order valence-electron chi connectivity index (χ2n) is 3.73. The van der Waals surface area contributed by atoms with E-state index in [1.807, 2.05) is 6.07 Å². The van der Waals surface area contributed by atoms with Gasteiger partial charge in [-0.1, -0.05) is 0 Å². The van der Waals surface area contributed by atoms with Crippen molar-refractivity contribution in [1.29, 1.82) is 0 Å². The molecule has 1 heterocycles. The van der Waals surface area contributed by atoms with Crippen molar-refractivity contribution in [2.24, 2.45) is 0 Å². The maximum absolute atomic E-state index is 11.9. The summed E-state index contributed by atoms with van der Waals surface area (Å²) in [4.78, 5) is 11.9. The number of carbonyl (C=O) groups excluding carboxylic acids is 1. The summed E-state index contributed by atoms with van der Waals surface area (Å²) in [5.41, 5.74) is 7.10. The van der Waals surface area contributed by atoms with Crippen molar-refractivity contribution in [3.05, 3.63) is 22.7 Å². The molecule has 1 aliphatic heterocycles. The van der Waals surface area contributed by atoms with E-state index in [-0.39, 0.29) is 11.2 Å². The van der Waals surface area contributed by atoms with Gasteiger partial charge in [0.25, 0.3) is 0 Å². The Kier molecular flexibility index (Phi) is 3.76. The molecule has 2 rings (SSSR count). The molecule has 16 heavy (non-hydrogen) atoms. The summed E-state index contributed by atoms with van der Waals surface area (Å²) in [5, 5.41) is 3.02. The molecule has 86 valence electrons. The number of amides is 1. The van der Waals surface area contributed by atoms with E-state index in [0.717, 1.165) is 28.8 Å². The quantitative estimate of drug-likeness (QED) is 0.826. The Morgan fingerprint density at radius 2 is 2.38 bits per heavy atom. The summed E-state index contributed by atoms with van der Waals surface area (Å²) in [6.07, 6.45) is 2.11. The fraction of sp³-hybridized carbons (Fsp3) is 0.364. The Balaban J connectivity index is 2.05. The summed E-state index contributed by atoms with van der Waals surface area (Å²) in [6.45, 7) is 0. The molecule has 1 aromatic rings. The van der Waals surface area contributed by atoms with Crippen molar-refractivity contribution in [3.63, 3.8) is 0 Å². The van der Waals surface area contributed by atoms with Gasteiger partial charge in [-0.25, -0.2) is 0 Å². The van der Waals surface area contributed by atoms with Gasteiger partial charge in [-0.15, -0.1) is 11.8 Å². The Morgan fingerprint density at radius 1 is 1.56 bits per heavy atom. The number of halogens is 1. The lowest BCUT2D eigenvalue weighted by Crippen LogP contribution is -2.23. The van der Waals surface area contributed by atoms with Gasteiger partial charge in [-0.2, -0.15) is 0 Å². The molecule has 3 N–H and O–H groups in total. The Bertz CT molecular complexity index is 405. The minimum Gasteiger partial charge on any atom is -0.399 e. The minimum atomic E-state index is 0.0907. The van der Waals surface area contributed by atoms with Crippen molar-refractivity contribution in [3.8, 4) is 0 Å². The molecule has 0 aliphatic carbocycles. The van der Waals surface area contributed by atoms with Crippen LogP contribution < -0.4 is 11.1 Å². The SMILES string of the molecule is Nc1ccc(NC(=O)C2CCCS2)c(Br)c1. The number of hydrogen-bond donors (Lipinski definition) is 2. The van der Waals surface area contributed by atoms with Gasteiger partial charge < -0.3 is 11.1 Å². The van der Waals surface area contributed by atoms with Crippen LogP contribution in [0.3, 0.4) is 0 Å². The fourth-order valence-corrected chi connectivity index (χ4v) is 3.29. The Morgan fingerprint density at radius 3 is 3.00 bits per heavy atom. The second kappa shape index (κ2) is 5.10. The first-order chi connectivity index (χ1) is 7.66. The smallest absolute Gasteiger partial charge is 0.237 e. The number of nitrogen functional groups attached to an aromatic ring is 1. The zero-order chi connectivity index (χ0) is 11.5. The van der Waals surface area contributed by atoms with Crippen molar-refractivity contribution >= 4 is 45.0 Å². The van der Waals surface area contributed by atoms with Gasteiger partial charge >= 0.3 is 0 Å². The van der Waals surface area contributed by atoms with Gasteiger partial charge in [0.1, 0.15) is 0 Å². The number of rotatable bonds is 2. The molecular weight excluding hydrogens is 288 g/mol. The molecule has 0 spiro atoms. The molecule has 0 saturated carbocycles. The summed E-state index contributed by atoms with van der Waals surface area (Å²) < 4.78 is 0.823. The molecule has 1 unspecified atom stereocenters. The number of nitrogens with one attached hydrogen (secondary N) is 1. The number of hydrogen-bond acceptors (Lipinski definition) is 3. The van der Waals surface area contributed by atoms with E-state index in [1.54, 1.807) is 23.9 Å². The highest BCUT2D eigenvalue weighted by Crippen LogP contribution is 2.29. The molecule has 1 aromatic carbocycles. The number of benzene rings is 1. The Labute approximate surface area is 107 Å². The van der Waals surface area contributed by atoms with Crippen LogP contribution in [0.2, 0.25) is 0 Å². The van der Waals surface area contributed by atoms with Crippen LogP contribution in [0.4, 0.5) is 11.4 Å². The predicted molar refractivity (Wildman–Crippen MR) is 72.7 cm³/mol. The molecule has 1 fully saturated rings. The number of carbonyl (C=O) groups is 1. The number of nitrogens with two attached hydrogens (primary N) is 1. The highest BCUT2D eigenvalue weighted by Gasteiger charge is 2.23. The van der Waals surface area contributed by atoms with Crippen LogP contribution in [-0.2, 0) is 4.79 Å². The lowest BCUT2D eigenvalue weighted by atomic mass is 10.2. The molecule has 0 aromatic heterocycles. The van der Waals surface area contributed by atoms with Gasteiger partial charge in [-0.05, 0) is 52.7 Å². The number of thioether (sulfide) groups is 1. The zero-order valence-corrected chi connectivity index (χ0v) is 11.1. The Hall–Kier alpha value is -0.680. The first-order valence-electron chi connectivity index (χ1n) is 5.14. The lowest BCUT2D eigenvalue weighted by Gasteiger charge is -2.11. The van der Waals surface area contributed by atoms with Crippen LogP contribution in [0.1, 0.15) is 12.8 Å². The first-order valence-corrected chi connectivity index (χ1v) is 6.98. The van der Waals surface area contributed by atoms with Gasteiger partial charge in [-0.3, -0.25) is 4.79 Å². The van der Waals surface area contributed by atoms with E-state index in [1.165, 1.54) is 0 Å². The third-order valence-electron chi connectivity index (χ3n) is 2.47. The van der Waals surface area contributed by atoms with Gasteiger partial charge in [0.15, 0.2) is 0 Å². The molecule has 0 radical (unpaired) electrons. The highest BCUT2D eigenvalue weighted by atomic mass is 79.9. The monoisotopic (exact) mass is 300 g/mol. The van der Waals surface area contributed by atoms with E-state index in [2.05, 4.69) is 21.2 Å². The van der Waals surface area contributed by atoms with Crippen LogP contribution >= 0.6 is 27.7 Å². The molecule has 3 nitrogen and oxygen atoms in total. The largest absolute Gasteiger partial charge is 0.399 e. The minimum absolute atomic E-state index is 0.0907. The molecule has 1 saturated heterocycles. The standard InChI is InChI=1S/C11H13BrN2OS/c12-8-6-7(13)3-4-9(8)14-11(15)10-2-1-5-16-10/h3-4,6,10H,1-2,5,13H2,(H,14,15). The molecule has 1 atom stereocenters. The van der Waals surface area contributed by atoms with E-state index < -0.39 is 0 Å². The lowest BCUT2D eigenvalue weighted by molar-refractivity contribution is -0.115.